The summed E-state index contributed by atoms with van der Waals surface area (Å²) in [6.45, 7) is 1.62. The largest absolute Gasteiger partial charge is 0.392 e. The zero-order valence-corrected chi connectivity index (χ0v) is 12.3. The standard InChI is InChI=1S/C12H14N4O2S2/c1-8-10(7-14-15-8)20(17,18)16-11(12(13)19)9-5-3-2-4-6-9/h2-7,11,16H,1H3,(H2,13,19)(H,14,15). The van der Waals surface area contributed by atoms with Gasteiger partial charge in [-0.05, 0) is 12.5 Å². The lowest BCUT2D eigenvalue weighted by atomic mass is 10.1. The molecule has 106 valence electrons. The molecule has 0 spiro atoms. The number of thiocarbonyl (C=S) groups is 1. The van der Waals surface area contributed by atoms with Crippen LogP contribution in [-0.4, -0.2) is 23.6 Å². The van der Waals surface area contributed by atoms with Gasteiger partial charge in [0.15, 0.2) is 0 Å². The van der Waals surface area contributed by atoms with E-state index in [2.05, 4.69) is 14.9 Å². The van der Waals surface area contributed by atoms with Crippen LogP contribution in [0.25, 0.3) is 0 Å². The molecule has 0 bridgehead atoms. The number of aryl methyl sites for hydroxylation is 1. The van der Waals surface area contributed by atoms with Crippen molar-refractivity contribution < 1.29 is 8.42 Å². The summed E-state index contributed by atoms with van der Waals surface area (Å²) in [6, 6.07) is 8.17. The highest BCUT2D eigenvalue weighted by atomic mass is 32.2. The van der Waals surface area contributed by atoms with Crippen molar-refractivity contribution in [2.75, 3.05) is 0 Å². The zero-order valence-electron chi connectivity index (χ0n) is 10.7. The van der Waals surface area contributed by atoms with Crippen molar-refractivity contribution in [2.24, 2.45) is 5.73 Å². The fourth-order valence-corrected chi connectivity index (χ4v) is 3.38. The normalized spacial score (nSPS) is 13.1. The van der Waals surface area contributed by atoms with E-state index < -0.39 is 16.1 Å². The van der Waals surface area contributed by atoms with Crippen molar-refractivity contribution in [3.8, 4) is 0 Å². The van der Waals surface area contributed by atoms with E-state index in [1.807, 2.05) is 6.07 Å². The molecule has 0 radical (unpaired) electrons. The number of nitrogens with one attached hydrogen (secondary N) is 2. The average Bonchev–Trinajstić information content (AvgIpc) is 2.84. The highest BCUT2D eigenvalue weighted by Crippen LogP contribution is 2.18. The molecule has 0 saturated carbocycles. The highest BCUT2D eigenvalue weighted by molar-refractivity contribution is 7.89. The molecule has 2 rings (SSSR count). The van der Waals surface area contributed by atoms with E-state index in [0.717, 1.165) is 0 Å². The Labute approximate surface area is 122 Å². The number of aromatic amines is 1. The molecule has 6 nitrogen and oxygen atoms in total. The van der Waals surface area contributed by atoms with Crippen LogP contribution in [-0.2, 0) is 10.0 Å². The molecule has 0 fully saturated rings. The highest BCUT2D eigenvalue weighted by Gasteiger charge is 2.25. The van der Waals surface area contributed by atoms with Crippen molar-refractivity contribution in [3.63, 3.8) is 0 Å². The molecule has 20 heavy (non-hydrogen) atoms. The fourth-order valence-electron chi connectivity index (χ4n) is 1.77. The minimum Gasteiger partial charge on any atom is -0.392 e. The van der Waals surface area contributed by atoms with E-state index in [4.69, 9.17) is 18.0 Å². The van der Waals surface area contributed by atoms with Crippen molar-refractivity contribution in [1.82, 2.24) is 14.9 Å². The van der Waals surface area contributed by atoms with E-state index in [9.17, 15) is 8.42 Å². The molecular weight excluding hydrogens is 296 g/mol. The second kappa shape index (κ2) is 5.70. The van der Waals surface area contributed by atoms with Gasteiger partial charge in [-0.15, -0.1) is 0 Å². The maximum absolute atomic E-state index is 12.3. The van der Waals surface area contributed by atoms with Gasteiger partial charge in [-0.3, -0.25) is 5.10 Å². The first kappa shape index (κ1) is 14.6. The summed E-state index contributed by atoms with van der Waals surface area (Å²) in [4.78, 5) is 0.135. The van der Waals surface area contributed by atoms with Gasteiger partial charge in [0.2, 0.25) is 10.0 Å². The first-order valence-electron chi connectivity index (χ1n) is 5.78. The van der Waals surface area contributed by atoms with Crippen LogP contribution in [0, 0.1) is 6.92 Å². The van der Waals surface area contributed by atoms with Crippen LogP contribution in [0.5, 0.6) is 0 Å². The fraction of sp³-hybridized carbons (Fsp3) is 0.167. The van der Waals surface area contributed by atoms with Crippen LogP contribution in [0.3, 0.4) is 0 Å². The number of rotatable bonds is 5. The Balaban J connectivity index is 2.35. The Hall–Kier alpha value is -1.77. The number of aromatic nitrogens is 2. The Morgan fingerprint density at radius 1 is 1.40 bits per heavy atom. The molecule has 1 unspecified atom stereocenters. The Morgan fingerprint density at radius 3 is 2.55 bits per heavy atom. The molecule has 1 aromatic carbocycles. The van der Waals surface area contributed by atoms with Gasteiger partial charge in [-0.2, -0.15) is 9.82 Å². The average molecular weight is 310 g/mol. The summed E-state index contributed by atoms with van der Waals surface area (Å²) < 4.78 is 27.1. The summed E-state index contributed by atoms with van der Waals surface area (Å²) >= 11 is 4.96. The Bertz CT molecular complexity index is 710. The van der Waals surface area contributed by atoms with Crippen LogP contribution >= 0.6 is 12.2 Å². The molecule has 4 N–H and O–H groups in total. The lowest BCUT2D eigenvalue weighted by Gasteiger charge is -2.17. The van der Waals surface area contributed by atoms with Gasteiger partial charge in [-0.25, -0.2) is 8.42 Å². The quantitative estimate of drug-likeness (QED) is 0.716. The number of sulfonamides is 1. The molecule has 1 aromatic heterocycles. The molecule has 0 aliphatic heterocycles. The monoisotopic (exact) mass is 310 g/mol. The zero-order chi connectivity index (χ0) is 14.8. The number of benzene rings is 1. The summed E-state index contributed by atoms with van der Waals surface area (Å²) in [5.74, 6) is 0. The lowest BCUT2D eigenvalue weighted by Crippen LogP contribution is -2.36. The smallest absolute Gasteiger partial charge is 0.244 e. The summed E-state index contributed by atoms with van der Waals surface area (Å²) in [5.41, 5.74) is 6.78. The minimum atomic E-state index is -3.75. The van der Waals surface area contributed by atoms with Gasteiger partial charge in [-0.1, -0.05) is 42.5 Å². The molecule has 1 atom stereocenters. The van der Waals surface area contributed by atoms with Crippen molar-refractivity contribution in [1.29, 1.82) is 0 Å². The van der Waals surface area contributed by atoms with Gasteiger partial charge < -0.3 is 5.73 Å². The Kier molecular flexibility index (Phi) is 4.17. The van der Waals surface area contributed by atoms with E-state index in [1.165, 1.54) is 6.20 Å². The van der Waals surface area contributed by atoms with E-state index in [1.54, 1.807) is 31.2 Å². The third-order valence-electron chi connectivity index (χ3n) is 2.76. The van der Waals surface area contributed by atoms with Crippen LogP contribution in [0.1, 0.15) is 17.3 Å². The molecule has 2 aromatic rings. The van der Waals surface area contributed by atoms with Gasteiger partial charge in [0.05, 0.1) is 22.9 Å². The lowest BCUT2D eigenvalue weighted by molar-refractivity contribution is 0.577. The van der Waals surface area contributed by atoms with Crippen LogP contribution < -0.4 is 10.5 Å². The molecule has 8 heteroatoms. The van der Waals surface area contributed by atoms with E-state index >= 15 is 0 Å². The van der Waals surface area contributed by atoms with Crippen LogP contribution in [0.15, 0.2) is 41.4 Å². The number of hydrogen-bond acceptors (Lipinski definition) is 4. The van der Waals surface area contributed by atoms with Crippen LogP contribution in [0.2, 0.25) is 0 Å². The Morgan fingerprint density at radius 2 is 2.05 bits per heavy atom. The summed E-state index contributed by atoms with van der Waals surface area (Å²) in [5, 5.41) is 6.29. The van der Waals surface area contributed by atoms with E-state index in [-0.39, 0.29) is 9.88 Å². The predicted molar refractivity (Wildman–Crippen MR) is 79.6 cm³/mol. The van der Waals surface area contributed by atoms with Crippen molar-refractivity contribution in [3.05, 3.63) is 47.8 Å². The number of hydrogen-bond donors (Lipinski definition) is 3. The second-order valence-corrected chi connectivity index (χ2v) is 6.38. The number of nitrogens with zero attached hydrogens (tertiary/aromatic N) is 1. The molecule has 0 aliphatic rings. The second-order valence-electron chi connectivity index (χ2n) is 4.23. The predicted octanol–water partition coefficient (Wildman–Crippen LogP) is 1.02. The maximum atomic E-state index is 12.3. The van der Waals surface area contributed by atoms with E-state index in [0.29, 0.717) is 11.3 Å². The molecule has 1 heterocycles. The number of H-pyrrole nitrogens is 1. The SMILES string of the molecule is Cc1[nH]ncc1S(=O)(=O)NC(C(N)=S)c1ccccc1. The summed E-state index contributed by atoms with van der Waals surface area (Å²) in [6.07, 6.45) is 1.25. The van der Waals surface area contributed by atoms with Crippen molar-refractivity contribution in [2.45, 2.75) is 17.9 Å². The van der Waals surface area contributed by atoms with Gasteiger partial charge in [0, 0.05) is 0 Å². The first-order valence-corrected chi connectivity index (χ1v) is 7.67. The molecular formula is C12H14N4O2S2. The van der Waals surface area contributed by atoms with Gasteiger partial charge >= 0.3 is 0 Å². The first-order chi connectivity index (χ1) is 9.42. The van der Waals surface area contributed by atoms with Crippen molar-refractivity contribution >= 4 is 27.2 Å². The molecule has 0 aliphatic carbocycles. The third-order valence-corrected chi connectivity index (χ3v) is 4.54. The van der Waals surface area contributed by atoms with Gasteiger partial charge in [0.25, 0.3) is 0 Å². The summed E-state index contributed by atoms with van der Waals surface area (Å²) in [7, 11) is -3.75. The molecule has 0 amide bonds. The number of nitrogens with two attached hydrogens (primary N) is 1. The molecule has 0 saturated heterocycles. The third kappa shape index (κ3) is 3.03. The topological polar surface area (TPSA) is 101 Å². The van der Waals surface area contributed by atoms with Crippen LogP contribution in [0.4, 0.5) is 0 Å². The maximum Gasteiger partial charge on any atom is 0.244 e. The minimum absolute atomic E-state index is 0.0564. The van der Waals surface area contributed by atoms with Gasteiger partial charge in [0.1, 0.15) is 4.90 Å².